The van der Waals surface area contributed by atoms with E-state index >= 15 is 0 Å². The predicted molar refractivity (Wildman–Crippen MR) is 217 cm³/mol. The first-order valence-corrected chi connectivity index (χ1v) is 19.8. The SMILES string of the molecule is CO[C@H]1O[C@H](CO[C@H]2O[C@H](COC(C)=O)[C@@H](OC(C)=O)[C@H](OCc3ccccc3)[C@H]2N=[N+]=[N-])[C@@H](OC(=O)c2ccccc2)[C@H](OC(=O)c2ccccc2)[C@H]1OC(=O)c1ccccc1. The molecule has 18 nitrogen and oxygen atoms in total. The van der Waals surface area contributed by atoms with Gasteiger partial charge in [-0.2, -0.15) is 0 Å². The lowest BCUT2D eigenvalue weighted by Gasteiger charge is -2.46. The fraction of sp³-hybridized carbons (Fsp3) is 0.356. The van der Waals surface area contributed by atoms with Crippen molar-refractivity contribution in [2.24, 2.45) is 5.11 Å². The molecule has 0 radical (unpaired) electrons. The third-order valence-corrected chi connectivity index (χ3v) is 9.84. The number of ether oxygens (including phenoxy) is 10. The lowest BCUT2D eigenvalue weighted by Crippen LogP contribution is -2.64. The zero-order valence-electron chi connectivity index (χ0n) is 34.4. The zero-order valence-corrected chi connectivity index (χ0v) is 34.4. The first kappa shape index (κ1) is 45.9. The Balaban J connectivity index is 1.37. The Morgan fingerprint density at radius 2 is 1.02 bits per heavy atom. The molecule has 63 heavy (non-hydrogen) atoms. The van der Waals surface area contributed by atoms with Crippen molar-refractivity contribution in [1.29, 1.82) is 0 Å². The number of azide groups is 1. The maximum atomic E-state index is 13.9. The van der Waals surface area contributed by atoms with Gasteiger partial charge >= 0.3 is 29.8 Å². The number of carbonyl (C=O) groups is 5. The summed E-state index contributed by atoms with van der Waals surface area (Å²) in [5, 5.41) is 3.94. The topological polar surface area (TPSA) is 226 Å². The standard InChI is InChI=1S/C45H45N3O15/c1-27(49)55-25-33-36(58-28(2)50)38(56-24-29-16-8-4-9-17-29)35(47-48-46)44(59-33)57-26-34-37(61-41(51)30-18-10-5-11-19-30)39(62-42(52)31-20-12-6-13-21-31)40(45(54-3)60-34)63-43(53)32-22-14-7-15-23-32/h4-23,33-40,44-45H,24-26H2,1-3H3/t33-,34-,35-,36-,37-,38-,39+,40-,44+,45+/m1/s1. The van der Waals surface area contributed by atoms with Crippen LogP contribution < -0.4 is 0 Å². The van der Waals surface area contributed by atoms with Gasteiger partial charge in [0.05, 0.1) is 29.9 Å². The van der Waals surface area contributed by atoms with Gasteiger partial charge < -0.3 is 47.4 Å². The molecule has 0 aromatic heterocycles. The van der Waals surface area contributed by atoms with E-state index in [1.807, 2.05) is 6.07 Å². The summed E-state index contributed by atoms with van der Waals surface area (Å²) in [7, 11) is 1.27. The van der Waals surface area contributed by atoms with E-state index in [-0.39, 0.29) is 23.3 Å². The number of benzene rings is 4. The predicted octanol–water partition coefficient (Wildman–Crippen LogP) is 5.54. The van der Waals surface area contributed by atoms with Crippen LogP contribution in [0.5, 0.6) is 0 Å². The van der Waals surface area contributed by atoms with Crippen molar-refractivity contribution in [3.63, 3.8) is 0 Å². The van der Waals surface area contributed by atoms with Gasteiger partial charge in [0.2, 0.25) is 0 Å². The van der Waals surface area contributed by atoms with Crippen LogP contribution in [0.2, 0.25) is 0 Å². The highest BCUT2D eigenvalue weighted by atomic mass is 16.7. The number of hydrogen-bond acceptors (Lipinski definition) is 16. The molecule has 330 valence electrons. The number of methoxy groups -OCH3 is 1. The van der Waals surface area contributed by atoms with E-state index in [9.17, 15) is 29.5 Å². The van der Waals surface area contributed by atoms with E-state index in [1.54, 1.807) is 78.9 Å². The van der Waals surface area contributed by atoms with Gasteiger partial charge in [-0.3, -0.25) is 9.59 Å². The molecule has 10 atom stereocenters. The lowest BCUT2D eigenvalue weighted by atomic mass is 9.96. The van der Waals surface area contributed by atoms with Gasteiger partial charge in [0.15, 0.2) is 37.0 Å². The van der Waals surface area contributed by atoms with Crippen LogP contribution in [-0.2, 0) is 63.6 Å². The van der Waals surface area contributed by atoms with Gasteiger partial charge in [-0.25, -0.2) is 14.4 Å². The minimum atomic E-state index is -1.60. The van der Waals surface area contributed by atoms with Crippen molar-refractivity contribution in [3.8, 4) is 0 Å². The summed E-state index contributed by atoms with van der Waals surface area (Å²) in [6.07, 6.45) is -12.8. The molecule has 0 unspecified atom stereocenters. The summed E-state index contributed by atoms with van der Waals surface area (Å²) < 4.78 is 59.9. The molecule has 2 aliphatic rings. The number of esters is 5. The van der Waals surface area contributed by atoms with Crippen LogP contribution in [0.15, 0.2) is 126 Å². The van der Waals surface area contributed by atoms with Crippen molar-refractivity contribution >= 4 is 29.8 Å². The third kappa shape index (κ3) is 12.3. The smallest absolute Gasteiger partial charge is 0.338 e. The van der Waals surface area contributed by atoms with Gasteiger partial charge in [-0.1, -0.05) is 90.0 Å². The second-order valence-corrected chi connectivity index (χ2v) is 14.2. The Morgan fingerprint density at radius 1 is 0.556 bits per heavy atom. The van der Waals surface area contributed by atoms with Gasteiger partial charge in [-0.15, -0.1) is 0 Å². The Kier molecular flexibility index (Phi) is 16.3. The molecule has 2 heterocycles. The zero-order chi connectivity index (χ0) is 44.7. The summed E-state index contributed by atoms with van der Waals surface area (Å²) in [6.45, 7) is 1.31. The third-order valence-electron chi connectivity index (χ3n) is 9.84. The Bertz CT molecular complexity index is 2190. The Morgan fingerprint density at radius 3 is 1.51 bits per heavy atom. The number of carbonyl (C=O) groups excluding carboxylic acids is 5. The molecule has 4 aromatic carbocycles. The molecule has 2 saturated heterocycles. The van der Waals surface area contributed by atoms with Crippen LogP contribution in [0, 0.1) is 0 Å². The van der Waals surface area contributed by atoms with Crippen molar-refractivity contribution in [2.45, 2.75) is 81.8 Å². The van der Waals surface area contributed by atoms with Crippen LogP contribution >= 0.6 is 0 Å². The molecule has 0 amide bonds. The fourth-order valence-electron chi connectivity index (χ4n) is 6.93. The lowest BCUT2D eigenvalue weighted by molar-refractivity contribution is -0.315. The molecule has 0 N–H and O–H groups in total. The number of nitrogens with zero attached hydrogens (tertiary/aromatic N) is 3. The summed E-state index contributed by atoms with van der Waals surface area (Å²) in [5.74, 6) is -3.95. The van der Waals surface area contributed by atoms with Crippen LogP contribution in [0.4, 0.5) is 0 Å². The second-order valence-electron chi connectivity index (χ2n) is 14.2. The molecular formula is C45H45N3O15. The summed E-state index contributed by atoms with van der Waals surface area (Å²) in [4.78, 5) is 68.7. The normalized spacial score (nSPS) is 25.3. The molecular weight excluding hydrogens is 823 g/mol. The minimum absolute atomic E-state index is 0.0377. The number of rotatable bonds is 17. The molecule has 2 fully saturated rings. The van der Waals surface area contributed by atoms with E-state index in [0.717, 1.165) is 12.5 Å². The highest BCUT2D eigenvalue weighted by Crippen LogP contribution is 2.34. The second kappa shape index (κ2) is 22.4. The maximum Gasteiger partial charge on any atom is 0.338 e. The van der Waals surface area contributed by atoms with Crippen molar-refractivity contribution in [2.75, 3.05) is 20.3 Å². The minimum Gasteiger partial charge on any atom is -0.463 e. The molecule has 0 saturated carbocycles. The van der Waals surface area contributed by atoms with Crippen LogP contribution in [0.3, 0.4) is 0 Å². The van der Waals surface area contributed by atoms with Crippen LogP contribution in [0.1, 0.15) is 50.5 Å². The molecule has 0 bridgehead atoms. The van der Waals surface area contributed by atoms with E-state index in [1.165, 1.54) is 50.4 Å². The van der Waals surface area contributed by atoms with Crippen LogP contribution in [-0.4, -0.2) is 112 Å². The van der Waals surface area contributed by atoms with E-state index in [2.05, 4.69) is 10.0 Å². The van der Waals surface area contributed by atoms with Gasteiger partial charge in [-0.05, 0) is 47.5 Å². The average Bonchev–Trinajstić information content (AvgIpc) is 3.30. The molecule has 4 aromatic rings. The van der Waals surface area contributed by atoms with Gasteiger partial charge in [0.1, 0.15) is 31.0 Å². The summed E-state index contributed by atoms with van der Waals surface area (Å²) in [6, 6.07) is 31.5. The van der Waals surface area contributed by atoms with Gasteiger partial charge in [0, 0.05) is 25.9 Å². The molecule has 18 heteroatoms. The van der Waals surface area contributed by atoms with Crippen molar-refractivity contribution < 1.29 is 71.3 Å². The van der Waals surface area contributed by atoms with Crippen LogP contribution in [0.25, 0.3) is 10.4 Å². The van der Waals surface area contributed by atoms with Crippen molar-refractivity contribution in [3.05, 3.63) is 154 Å². The molecule has 0 aliphatic carbocycles. The largest absolute Gasteiger partial charge is 0.463 e. The molecule has 2 aliphatic heterocycles. The van der Waals surface area contributed by atoms with Crippen molar-refractivity contribution in [1.82, 2.24) is 0 Å². The quantitative estimate of drug-likeness (QED) is 0.0418. The Hall–Kier alpha value is -6.66. The molecule has 6 rings (SSSR count). The fourth-order valence-corrected chi connectivity index (χ4v) is 6.93. The molecule has 0 spiro atoms. The maximum absolute atomic E-state index is 13.9. The highest BCUT2D eigenvalue weighted by Gasteiger charge is 2.55. The first-order chi connectivity index (χ1) is 30.6. The first-order valence-electron chi connectivity index (χ1n) is 19.8. The number of hydrogen-bond donors (Lipinski definition) is 0. The Labute approximate surface area is 361 Å². The van der Waals surface area contributed by atoms with E-state index in [4.69, 9.17) is 47.4 Å². The summed E-state index contributed by atoms with van der Waals surface area (Å²) in [5.41, 5.74) is 10.9. The monoisotopic (exact) mass is 867 g/mol. The van der Waals surface area contributed by atoms with E-state index < -0.39 is 104 Å². The van der Waals surface area contributed by atoms with E-state index in [0.29, 0.717) is 0 Å². The average molecular weight is 868 g/mol. The summed E-state index contributed by atoms with van der Waals surface area (Å²) >= 11 is 0. The highest BCUT2D eigenvalue weighted by molar-refractivity contribution is 5.91. The van der Waals surface area contributed by atoms with Gasteiger partial charge in [0.25, 0.3) is 0 Å².